The van der Waals surface area contributed by atoms with Crippen molar-refractivity contribution in [3.8, 4) is 0 Å². The first-order valence-corrected chi connectivity index (χ1v) is 6.21. The number of rotatable bonds is 6. The molecule has 4 heteroatoms. The molecule has 0 saturated heterocycles. The molecule has 15 heavy (non-hydrogen) atoms. The van der Waals surface area contributed by atoms with Crippen molar-refractivity contribution >= 4 is 15.9 Å². The maximum absolute atomic E-state index is 5.58. The van der Waals surface area contributed by atoms with Gasteiger partial charge in [-0.15, -0.1) is 0 Å². The second kappa shape index (κ2) is 6.30. The molecule has 0 aliphatic carbocycles. The molecule has 3 N–H and O–H groups in total. The number of nitrogens with two attached hydrogens (primary N) is 1. The zero-order chi connectivity index (χ0) is 11.3. The number of hydrogen-bond acceptors (Lipinski definition) is 3. The van der Waals surface area contributed by atoms with Crippen LogP contribution in [0.15, 0.2) is 21.4 Å². The third kappa shape index (κ3) is 3.33. The maximum atomic E-state index is 5.58. The Kier molecular flexibility index (Phi) is 5.36. The summed E-state index contributed by atoms with van der Waals surface area (Å²) in [5.74, 6) is 6.28. The van der Waals surface area contributed by atoms with Gasteiger partial charge >= 0.3 is 0 Å². The Hall–Kier alpha value is -0.320. The maximum Gasteiger partial charge on any atom is 0.173 e. The van der Waals surface area contributed by atoms with Crippen LogP contribution in [-0.2, 0) is 0 Å². The second-order valence-electron chi connectivity index (χ2n) is 3.79. The molecule has 0 saturated carbocycles. The summed E-state index contributed by atoms with van der Waals surface area (Å²) in [5.41, 5.74) is 3.96. The van der Waals surface area contributed by atoms with Crippen LogP contribution in [0.5, 0.6) is 0 Å². The molecule has 0 amide bonds. The molecular formula is C11H19BrN2O. The van der Waals surface area contributed by atoms with Crippen molar-refractivity contribution in [2.24, 2.45) is 11.8 Å². The summed E-state index contributed by atoms with van der Waals surface area (Å²) in [6, 6.07) is 2.12. The average Bonchev–Trinajstić information content (AvgIpc) is 2.67. The standard InChI is InChI=1S/C11H19BrN2O/c1-3-8(4-2)7-10(14-13)9-5-6-15-11(9)12/h5-6,8,10,14H,3-4,7,13H2,1-2H3. The summed E-state index contributed by atoms with van der Waals surface area (Å²) < 4.78 is 5.99. The Labute approximate surface area is 99.5 Å². The first kappa shape index (κ1) is 12.7. The van der Waals surface area contributed by atoms with Gasteiger partial charge in [-0.2, -0.15) is 0 Å². The topological polar surface area (TPSA) is 51.2 Å². The molecule has 3 nitrogen and oxygen atoms in total. The van der Waals surface area contributed by atoms with Gasteiger partial charge in [-0.25, -0.2) is 0 Å². The molecule has 1 rings (SSSR count). The minimum atomic E-state index is 0.169. The predicted octanol–water partition coefficient (Wildman–Crippen LogP) is 3.37. The van der Waals surface area contributed by atoms with E-state index < -0.39 is 0 Å². The summed E-state index contributed by atoms with van der Waals surface area (Å²) in [7, 11) is 0. The molecule has 86 valence electrons. The summed E-state index contributed by atoms with van der Waals surface area (Å²) in [5, 5.41) is 0. The Balaban J connectivity index is 2.68. The van der Waals surface area contributed by atoms with E-state index in [2.05, 4.69) is 35.2 Å². The third-order valence-electron chi connectivity index (χ3n) is 2.95. The fraction of sp³-hybridized carbons (Fsp3) is 0.636. The van der Waals surface area contributed by atoms with Gasteiger partial charge in [0.1, 0.15) is 0 Å². The number of furan rings is 1. The van der Waals surface area contributed by atoms with E-state index in [1.807, 2.05) is 6.07 Å². The van der Waals surface area contributed by atoms with Crippen molar-refractivity contribution in [1.82, 2.24) is 5.43 Å². The SMILES string of the molecule is CCC(CC)CC(NN)c1ccoc1Br. The molecular weight excluding hydrogens is 256 g/mol. The number of hydrazine groups is 1. The monoisotopic (exact) mass is 274 g/mol. The van der Waals surface area contributed by atoms with Crippen molar-refractivity contribution in [3.05, 3.63) is 22.6 Å². The molecule has 0 fully saturated rings. The molecule has 1 atom stereocenters. The van der Waals surface area contributed by atoms with Crippen LogP contribution in [0.2, 0.25) is 0 Å². The molecule has 0 aliphatic rings. The Morgan fingerprint density at radius 2 is 2.13 bits per heavy atom. The smallest absolute Gasteiger partial charge is 0.173 e. The van der Waals surface area contributed by atoms with Gasteiger partial charge < -0.3 is 4.42 Å². The fourth-order valence-corrected chi connectivity index (χ4v) is 2.31. The van der Waals surface area contributed by atoms with Crippen LogP contribution >= 0.6 is 15.9 Å². The van der Waals surface area contributed by atoms with E-state index in [1.54, 1.807) is 6.26 Å². The number of hydrogen-bond donors (Lipinski definition) is 2. The molecule has 0 spiro atoms. The third-order valence-corrected chi connectivity index (χ3v) is 3.59. The highest BCUT2D eigenvalue weighted by Gasteiger charge is 2.18. The lowest BCUT2D eigenvalue weighted by Crippen LogP contribution is -2.29. The Bertz CT molecular complexity index is 284. The molecule has 1 aromatic rings. The summed E-state index contributed by atoms with van der Waals surface area (Å²) in [6.07, 6.45) is 5.09. The number of halogens is 1. The Morgan fingerprint density at radius 3 is 2.53 bits per heavy atom. The lowest BCUT2D eigenvalue weighted by molar-refractivity contribution is 0.371. The quantitative estimate of drug-likeness (QED) is 0.618. The second-order valence-corrected chi connectivity index (χ2v) is 4.51. The highest BCUT2D eigenvalue weighted by atomic mass is 79.9. The largest absolute Gasteiger partial charge is 0.457 e. The molecule has 1 heterocycles. The first-order valence-electron chi connectivity index (χ1n) is 5.41. The van der Waals surface area contributed by atoms with E-state index in [9.17, 15) is 0 Å². The van der Waals surface area contributed by atoms with Crippen molar-refractivity contribution in [2.45, 2.75) is 39.2 Å². The predicted molar refractivity (Wildman–Crippen MR) is 65.2 cm³/mol. The van der Waals surface area contributed by atoms with E-state index in [-0.39, 0.29) is 6.04 Å². The summed E-state index contributed by atoms with van der Waals surface area (Å²) in [4.78, 5) is 0. The van der Waals surface area contributed by atoms with Crippen molar-refractivity contribution in [1.29, 1.82) is 0 Å². The van der Waals surface area contributed by atoms with Gasteiger partial charge in [0.05, 0.1) is 12.3 Å². The minimum absolute atomic E-state index is 0.169. The fourth-order valence-electron chi connectivity index (χ4n) is 1.79. The number of nitrogens with one attached hydrogen (secondary N) is 1. The van der Waals surface area contributed by atoms with Crippen LogP contribution in [0.25, 0.3) is 0 Å². The lowest BCUT2D eigenvalue weighted by Gasteiger charge is -2.20. The lowest BCUT2D eigenvalue weighted by atomic mass is 9.92. The van der Waals surface area contributed by atoms with Gasteiger partial charge in [0.2, 0.25) is 0 Å². The average molecular weight is 275 g/mol. The molecule has 1 aromatic heterocycles. The van der Waals surface area contributed by atoms with Crippen molar-refractivity contribution < 1.29 is 4.42 Å². The van der Waals surface area contributed by atoms with Gasteiger partial charge in [0.15, 0.2) is 4.67 Å². The van der Waals surface area contributed by atoms with Crippen molar-refractivity contribution in [3.63, 3.8) is 0 Å². The zero-order valence-electron chi connectivity index (χ0n) is 9.29. The van der Waals surface area contributed by atoms with Gasteiger partial charge in [-0.1, -0.05) is 26.7 Å². The normalized spacial score (nSPS) is 13.4. The van der Waals surface area contributed by atoms with Crippen LogP contribution in [0, 0.1) is 5.92 Å². The highest BCUT2D eigenvalue weighted by Crippen LogP contribution is 2.30. The van der Waals surface area contributed by atoms with E-state index in [0.29, 0.717) is 5.92 Å². The van der Waals surface area contributed by atoms with E-state index in [0.717, 1.165) is 16.7 Å². The first-order chi connectivity index (χ1) is 7.22. The van der Waals surface area contributed by atoms with E-state index in [4.69, 9.17) is 10.3 Å². The van der Waals surface area contributed by atoms with Crippen LogP contribution in [0.1, 0.15) is 44.7 Å². The molecule has 1 unspecified atom stereocenters. The Morgan fingerprint density at radius 1 is 1.47 bits per heavy atom. The minimum Gasteiger partial charge on any atom is -0.457 e. The van der Waals surface area contributed by atoms with Crippen LogP contribution in [-0.4, -0.2) is 0 Å². The van der Waals surface area contributed by atoms with Gasteiger partial charge in [-0.05, 0) is 34.3 Å². The molecule has 0 aliphatic heterocycles. The molecule has 0 aromatic carbocycles. The molecule has 0 radical (unpaired) electrons. The van der Waals surface area contributed by atoms with Crippen LogP contribution < -0.4 is 11.3 Å². The van der Waals surface area contributed by atoms with Crippen LogP contribution in [0.4, 0.5) is 0 Å². The summed E-state index contributed by atoms with van der Waals surface area (Å²) in [6.45, 7) is 4.43. The highest BCUT2D eigenvalue weighted by molar-refractivity contribution is 9.10. The van der Waals surface area contributed by atoms with E-state index in [1.165, 1.54) is 12.8 Å². The van der Waals surface area contributed by atoms with Crippen LogP contribution in [0.3, 0.4) is 0 Å². The van der Waals surface area contributed by atoms with Gasteiger partial charge in [0.25, 0.3) is 0 Å². The zero-order valence-corrected chi connectivity index (χ0v) is 10.9. The van der Waals surface area contributed by atoms with E-state index >= 15 is 0 Å². The van der Waals surface area contributed by atoms with Gasteiger partial charge in [0, 0.05) is 5.56 Å². The summed E-state index contributed by atoms with van der Waals surface area (Å²) >= 11 is 3.38. The van der Waals surface area contributed by atoms with Gasteiger partial charge in [-0.3, -0.25) is 11.3 Å². The van der Waals surface area contributed by atoms with Crippen molar-refractivity contribution in [2.75, 3.05) is 0 Å². The molecule has 0 bridgehead atoms.